The Kier molecular flexibility index (Phi) is 5.95. The summed E-state index contributed by atoms with van der Waals surface area (Å²) in [6, 6.07) is 8.54. The van der Waals surface area contributed by atoms with E-state index in [9.17, 15) is 14.4 Å². The largest absolute Gasteiger partial charge is 0.462 e. The smallest absolute Gasteiger partial charge is 0.349 e. The Bertz CT molecular complexity index is 1250. The number of thiophene rings is 1. The first-order valence-electron chi connectivity index (χ1n) is 10.8. The van der Waals surface area contributed by atoms with Gasteiger partial charge >= 0.3 is 11.6 Å². The number of fused-ring (bicyclic) bond motifs is 2. The summed E-state index contributed by atoms with van der Waals surface area (Å²) >= 11 is 1.40. The molecule has 4 rings (SSSR count). The van der Waals surface area contributed by atoms with Gasteiger partial charge in [-0.25, -0.2) is 9.59 Å². The number of amides is 1. The Hall–Kier alpha value is -2.93. The van der Waals surface area contributed by atoms with Crippen LogP contribution in [0.1, 0.15) is 65.3 Å². The molecule has 0 bridgehead atoms. The zero-order valence-corrected chi connectivity index (χ0v) is 19.6. The number of anilines is 1. The summed E-state index contributed by atoms with van der Waals surface area (Å²) in [6.45, 7) is 8.68. The third-order valence-corrected chi connectivity index (χ3v) is 7.25. The molecule has 1 amide bonds. The van der Waals surface area contributed by atoms with Crippen LogP contribution in [0.2, 0.25) is 0 Å². The molecular weight excluding hydrogens is 426 g/mol. The van der Waals surface area contributed by atoms with Crippen molar-refractivity contribution in [2.75, 3.05) is 11.9 Å². The lowest BCUT2D eigenvalue weighted by atomic mass is 9.72. The summed E-state index contributed by atoms with van der Waals surface area (Å²) in [5, 5.41) is 3.89. The van der Waals surface area contributed by atoms with Crippen LogP contribution in [-0.2, 0) is 17.6 Å². The molecular formula is C25H27NO5S. The summed E-state index contributed by atoms with van der Waals surface area (Å²) in [7, 11) is 0. The maximum Gasteiger partial charge on any atom is 0.349 e. The lowest BCUT2D eigenvalue weighted by Crippen LogP contribution is -2.26. The predicted molar refractivity (Wildman–Crippen MR) is 126 cm³/mol. The van der Waals surface area contributed by atoms with Crippen molar-refractivity contribution >= 4 is 39.2 Å². The summed E-state index contributed by atoms with van der Waals surface area (Å²) in [5.74, 6) is -0.555. The van der Waals surface area contributed by atoms with Gasteiger partial charge in [0.25, 0.3) is 5.91 Å². The molecule has 1 atom stereocenters. The van der Waals surface area contributed by atoms with E-state index in [0.717, 1.165) is 29.7 Å². The van der Waals surface area contributed by atoms with E-state index in [0.29, 0.717) is 27.5 Å². The highest BCUT2D eigenvalue weighted by Crippen LogP contribution is 2.44. The summed E-state index contributed by atoms with van der Waals surface area (Å²) in [4.78, 5) is 39.3. The minimum absolute atomic E-state index is 0.0996. The number of esters is 1. The zero-order chi connectivity index (χ0) is 23.0. The number of hydrogen-bond acceptors (Lipinski definition) is 6. The lowest BCUT2D eigenvalue weighted by molar-refractivity contribution is 0.0526. The van der Waals surface area contributed by atoms with Crippen molar-refractivity contribution in [2.45, 2.75) is 47.0 Å². The third kappa shape index (κ3) is 4.21. The Labute approximate surface area is 190 Å². The molecule has 0 saturated carbocycles. The molecule has 0 radical (unpaired) electrons. The van der Waals surface area contributed by atoms with Crippen LogP contribution in [-0.4, -0.2) is 18.5 Å². The Morgan fingerprint density at radius 2 is 2.00 bits per heavy atom. The molecule has 0 fully saturated rings. The Balaban J connectivity index is 1.71. The van der Waals surface area contributed by atoms with Crippen molar-refractivity contribution in [1.82, 2.24) is 0 Å². The summed E-state index contributed by atoms with van der Waals surface area (Å²) in [5.41, 5.74) is 1.12. The number of hydrogen-bond donors (Lipinski definition) is 1. The number of benzene rings is 1. The van der Waals surface area contributed by atoms with Gasteiger partial charge in [-0.05, 0) is 55.2 Å². The molecule has 1 aliphatic carbocycles. The minimum atomic E-state index is -0.715. The third-order valence-electron chi connectivity index (χ3n) is 6.08. The van der Waals surface area contributed by atoms with Crippen LogP contribution in [0.4, 0.5) is 5.00 Å². The van der Waals surface area contributed by atoms with Gasteiger partial charge in [0.15, 0.2) is 0 Å². The van der Waals surface area contributed by atoms with E-state index >= 15 is 0 Å². The summed E-state index contributed by atoms with van der Waals surface area (Å²) in [6.07, 6.45) is 2.58. The second-order valence-electron chi connectivity index (χ2n) is 9.17. The fraction of sp³-hybridized carbons (Fsp3) is 0.400. The molecule has 1 unspecified atom stereocenters. The van der Waals surface area contributed by atoms with E-state index in [4.69, 9.17) is 9.15 Å². The number of para-hydroxylation sites is 1. The number of nitrogens with one attached hydrogen (secondary N) is 1. The molecule has 2 aromatic heterocycles. The molecule has 1 aliphatic rings. The molecule has 0 spiro atoms. The molecule has 0 aliphatic heterocycles. The van der Waals surface area contributed by atoms with Crippen LogP contribution in [0.25, 0.3) is 11.0 Å². The lowest BCUT2D eigenvalue weighted by Gasteiger charge is -2.33. The normalized spacial score (nSPS) is 15.9. The first kappa shape index (κ1) is 22.3. The standard InChI is InChI=1S/C25H27NO5S/c1-5-30-24(29)20-16-11-10-15(25(2,3)4)13-19(16)32-22(20)26-21(27)17-12-14-8-6-7-9-18(14)31-23(17)28/h6-9,12,15H,5,10-11,13H2,1-4H3,(H,26,27). The fourth-order valence-corrected chi connectivity index (χ4v) is 5.53. The van der Waals surface area contributed by atoms with Gasteiger partial charge in [-0.2, -0.15) is 0 Å². The Morgan fingerprint density at radius 1 is 1.25 bits per heavy atom. The van der Waals surface area contributed by atoms with Crippen LogP contribution >= 0.6 is 11.3 Å². The SMILES string of the molecule is CCOC(=O)c1c(NC(=O)c2cc3ccccc3oc2=O)sc2c1CCC(C(C)(C)C)C2. The monoisotopic (exact) mass is 453 g/mol. The molecule has 7 heteroatoms. The predicted octanol–water partition coefficient (Wildman–Crippen LogP) is 5.43. The van der Waals surface area contributed by atoms with E-state index in [1.54, 1.807) is 25.1 Å². The van der Waals surface area contributed by atoms with Crippen LogP contribution in [0, 0.1) is 11.3 Å². The van der Waals surface area contributed by atoms with Gasteiger partial charge in [0.05, 0.1) is 12.2 Å². The van der Waals surface area contributed by atoms with Crippen molar-refractivity contribution < 1.29 is 18.7 Å². The maximum absolute atomic E-state index is 13.0. The van der Waals surface area contributed by atoms with E-state index in [1.807, 2.05) is 6.07 Å². The quantitative estimate of drug-likeness (QED) is 0.420. The molecule has 32 heavy (non-hydrogen) atoms. The second-order valence-corrected chi connectivity index (χ2v) is 10.3. The molecule has 1 aromatic carbocycles. The van der Waals surface area contributed by atoms with Gasteiger partial charge in [0, 0.05) is 10.3 Å². The van der Waals surface area contributed by atoms with E-state index in [1.165, 1.54) is 17.4 Å². The Morgan fingerprint density at radius 3 is 2.72 bits per heavy atom. The first-order chi connectivity index (χ1) is 15.2. The minimum Gasteiger partial charge on any atom is -0.462 e. The zero-order valence-electron chi connectivity index (χ0n) is 18.7. The van der Waals surface area contributed by atoms with Crippen molar-refractivity contribution in [3.8, 4) is 0 Å². The van der Waals surface area contributed by atoms with Gasteiger partial charge in [0.2, 0.25) is 0 Å². The number of rotatable bonds is 4. The number of carbonyl (C=O) groups is 2. The number of carbonyl (C=O) groups excluding carboxylic acids is 2. The van der Waals surface area contributed by atoms with Gasteiger partial charge < -0.3 is 14.5 Å². The average Bonchev–Trinajstić information content (AvgIpc) is 3.09. The van der Waals surface area contributed by atoms with Crippen molar-refractivity contribution in [3.05, 3.63) is 62.3 Å². The topological polar surface area (TPSA) is 85.6 Å². The molecule has 1 N–H and O–H groups in total. The molecule has 168 valence electrons. The van der Waals surface area contributed by atoms with Crippen LogP contribution in [0.5, 0.6) is 0 Å². The van der Waals surface area contributed by atoms with Crippen LogP contribution in [0.15, 0.2) is 39.5 Å². The fourth-order valence-electron chi connectivity index (χ4n) is 4.22. The van der Waals surface area contributed by atoms with Crippen molar-refractivity contribution in [1.29, 1.82) is 0 Å². The number of ether oxygens (including phenoxy) is 1. The molecule has 3 aromatic rings. The molecule has 0 saturated heterocycles. The van der Waals surface area contributed by atoms with E-state index in [2.05, 4.69) is 26.1 Å². The summed E-state index contributed by atoms with van der Waals surface area (Å²) < 4.78 is 10.6. The highest BCUT2D eigenvalue weighted by molar-refractivity contribution is 7.17. The van der Waals surface area contributed by atoms with Gasteiger partial charge in [-0.1, -0.05) is 39.0 Å². The molecule has 6 nitrogen and oxygen atoms in total. The van der Waals surface area contributed by atoms with Crippen molar-refractivity contribution in [3.63, 3.8) is 0 Å². The first-order valence-corrected chi connectivity index (χ1v) is 11.7. The highest BCUT2D eigenvalue weighted by atomic mass is 32.1. The van der Waals surface area contributed by atoms with Gasteiger partial charge in [0.1, 0.15) is 16.1 Å². The van der Waals surface area contributed by atoms with Crippen molar-refractivity contribution in [2.24, 2.45) is 11.3 Å². The van der Waals surface area contributed by atoms with Gasteiger partial charge in [-0.15, -0.1) is 11.3 Å². The molecule has 2 heterocycles. The average molecular weight is 454 g/mol. The second kappa shape index (κ2) is 8.54. The maximum atomic E-state index is 13.0. The van der Waals surface area contributed by atoms with Crippen LogP contribution < -0.4 is 10.9 Å². The van der Waals surface area contributed by atoms with E-state index < -0.39 is 17.5 Å². The van der Waals surface area contributed by atoms with Gasteiger partial charge in [-0.3, -0.25) is 4.79 Å². The van der Waals surface area contributed by atoms with Crippen LogP contribution in [0.3, 0.4) is 0 Å². The highest BCUT2D eigenvalue weighted by Gasteiger charge is 2.34. The van der Waals surface area contributed by atoms with E-state index in [-0.39, 0.29) is 17.6 Å².